The number of amides is 1. The zero-order valence-corrected chi connectivity index (χ0v) is 14.8. The van der Waals surface area contributed by atoms with Crippen LogP contribution in [0.4, 0.5) is 15.9 Å². The lowest BCUT2D eigenvalue weighted by molar-refractivity contribution is -0.106. The number of hydrogen-bond acceptors (Lipinski definition) is 2. The van der Waals surface area contributed by atoms with Crippen molar-refractivity contribution in [2.24, 2.45) is 0 Å². The van der Waals surface area contributed by atoms with Crippen LogP contribution in [-0.2, 0) is 4.79 Å². The third-order valence-corrected chi connectivity index (χ3v) is 4.49. The van der Waals surface area contributed by atoms with Crippen LogP contribution in [0.25, 0.3) is 22.0 Å². The van der Waals surface area contributed by atoms with E-state index in [9.17, 15) is 9.18 Å². The first-order valence-electron chi connectivity index (χ1n) is 8.62. The van der Waals surface area contributed by atoms with Gasteiger partial charge in [0.15, 0.2) is 0 Å². The van der Waals surface area contributed by atoms with Gasteiger partial charge in [-0.15, -0.1) is 0 Å². The number of hydrogen-bond donors (Lipinski definition) is 0. The van der Waals surface area contributed by atoms with Gasteiger partial charge >= 0.3 is 0 Å². The third kappa shape index (κ3) is 3.29. The molecule has 0 aliphatic carbocycles. The standard InChI is InChI=1S/C23H17FN2O/c1-16-7-11-20(12-8-16)26(15-27)23-21-14-19(24)10-9-18(21)13-22(25-23)17-5-3-2-4-6-17/h2-15H,1H3. The Morgan fingerprint density at radius 2 is 1.67 bits per heavy atom. The summed E-state index contributed by atoms with van der Waals surface area (Å²) in [5, 5.41) is 1.40. The van der Waals surface area contributed by atoms with Crippen LogP contribution in [0.1, 0.15) is 5.56 Å². The van der Waals surface area contributed by atoms with Crippen molar-refractivity contribution in [3.63, 3.8) is 0 Å². The fraction of sp³-hybridized carbons (Fsp3) is 0.0435. The second-order valence-corrected chi connectivity index (χ2v) is 6.37. The van der Waals surface area contributed by atoms with Crippen LogP contribution in [0, 0.1) is 12.7 Å². The Kier molecular flexibility index (Phi) is 4.38. The van der Waals surface area contributed by atoms with E-state index in [1.807, 2.05) is 67.6 Å². The summed E-state index contributed by atoms with van der Waals surface area (Å²) in [7, 11) is 0. The summed E-state index contributed by atoms with van der Waals surface area (Å²) in [5.74, 6) is 0.0393. The van der Waals surface area contributed by atoms with E-state index in [-0.39, 0.29) is 5.82 Å². The molecule has 0 saturated heterocycles. The van der Waals surface area contributed by atoms with Gasteiger partial charge in [-0.1, -0.05) is 54.1 Å². The molecule has 1 aromatic heterocycles. The first-order valence-corrected chi connectivity index (χ1v) is 8.62. The number of carbonyl (C=O) groups is 1. The minimum Gasteiger partial charge on any atom is -0.278 e. The molecule has 0 aliphatic rings. The van der Waals surface area contributed by atoms with Crippen molar-refractivity contribution < 1.29 is 9.18 Å². The average molecular weight is 356 g/mol. The quantitative estimate of drug-likeness (QED) is 0.443. The van der Waals surface area contributed by atoms with E-state index in [1.165, 1.54) is 17.0 Å². The SMILES string of the molecule is Cc1ccc(N(C=O)c2nc(-c3ccccc3)cc3ccc(F)cc23)cc1. The van der Waals surface area contributed by atoms with Gasteiger partial charge in [-0.25, -0.2) is 9.37 Å². The lowest BCUT2D eigenvalue weighted by Crippen LogP contribution is -2.16. The molecule has 3 aromatic carbocycles. The number of pyridine rings is 1. The van der Waals surface area contributed by atoms with Crippen LogP contribution < -0.4 is 4.90 Å². The zero-order valence-electron chi connectivity index (χ0n) is 14.8. The molecular weight excluding hydrogens is 339 g/mol. The molecule has 0 N–H and O–H groups in total. The molecule has 4 aromatic rings. The Balaban J connectivity index is 1.97. The summed E-state index contributed by atoms with van der Waals surface area (Å²) in [6, 6.07) is 23.7. The maximum atomic E-state index is 13.9. The molecule has 0 fully saturated rings. The second-order valence-electron chi connectivity index (χ2n) is 6.37. The van der Waals surface area contributed by atoms with Gasteiger partial charge in [0.1, 0.15) is 11.6 Å². The van der Waals surface area contributed by atoms with E-state index < -0.39 is 0 Å². The summed E-state index contributed by atoms with van der Waals surface area (Å²) >= 11 is 0. The van der Waals surface area contributed by atoms with Crippen molar-refractivity contribution in [1.29, 1.82) is 0 Å². The number of aromatic nitrogens is 1. The highest BCUT2D eigenvalue weighted by Gasteiger charge is 2.16. The summed E-state index contributed by atoms with van der Waals surface area (Å²) in [4.78, 5) is 18.1. The number of benzene rings is 3. The molecule has 1 amide bonds. The molecule has 0 saturated carbocycles. The molecule has 0 radical (unpaired) electrons. The van der Waals surface area contributed by atoms with E-state index >= 15 is 0 Å². The highest BCUT2D eigenvalue weighted by atomic mass is 19.1. The Morgan fingerprint density at radius 1 is 0.926 bits per heavy atom. The molecular formula is C23H17FN2O. The first-order chi connectivity index (χ1) is 13.2. The predicted molar refractivity (Wildman–Crippen MR) is 107 cm³/mol. The molecule has 1 heterocycles. The molecule has 0 atom stereocenters. The number of carbonyl (C=O) groups excluding carboxylic acids is 1. The molecule has 4 heteroatoms. The minimum atomic E-state index is -0.368. The third-order valence-electron chi connectivity index (χ3n) is 4.49. The topological polar surface area (TPSA) is 33.2 Å². The van der Waals surface area contributed by atoms with Gasteiger partial charge in [0.05, 0.1) is 11.4 Å². The Bertz CT molecular complexity index is 1110. The number of aryl methyl sites for hydroxylation is 1. The smallest absolute Gasteiger partial charge is 0.219 e. The number of fused-ring (bicyclic) bond motifs is 1. The van der Waals surface area contributed by atoms with Crippen molar-refractivity contribution in [1.82, 2.24) is 4.98 Å². The van der Waals surface area contributed by atoms with Gasteiger partial charge < -0.3 is 0 Å². The zero-order chi connectivity index (χ0) is 18.8. The molecule has 0 unspecified atom stereocenters. The lowest BCUT2D eigenvalue weighted by atomic mass is 10.1. The van der Waals surface area contributed by atoms with Crippen LogP contribution >= 0.6 is 0 Å². The summed E-state index contributed by atoms with van der Waals surface area (Å²) in [6.45, 7) is 1.98. The molecule has 132 valence electrons. The Hall–Kier alpha value is -3.53. The monoisotopic (exact) mass is 356 g/mol. The van der Waals surface area contributed by atoms with Crippen LogP contribution in [-0.4, -0.2) is 11.4 Å². The molecule has 4 rings (SSSR count). The summed E-state index contributed by atoms with van der Waals surface area (Å²) in [5.41, 5.74) is 3.42. The maximum absolute atomic E-state index is 13.9. The van der Waals surface area contributed by atoms with E-state index in [0.29, 0.717) is 23.3 Å². The van der Waals surface area contributed by atoms with Crippen molar-refractivity contribution in [2.45, 2.75) is 6.92 Å². The number of rotatable bonds is 4. The number of halogens is 1. The van der Waals surface area contributed by atoms with Crippen LogP contribution in [0.5, 0.6) is 0 Å². The van der Waals surface area contributed by atoms with Crippen molar-refractivity contribution in [3.05, 3.63) is 90.2 Å². The Morgan fingerprint density at radius 3 is 2.37 bits per heavy atom. The van der Waals surface area contributed by atoms with Crippen LogP contribution in [0.2, 0.25) is 0 Å². The van der Waals surface area contributed by atoms with Gasteiger partial charge in [-0.05, 0) is 42.6 Å². The van der Waals surface area contributed by atoms with Gasteiger partial charge in [0.2, 0.25) is 6.41 Å². The minimum absolute atomic E-state index is 0.368. The van der Waals surface area contributed by atoms with E-state index in [0.717, 1.165) is 22.2 Å². The van der Waals surface area contributed by atoms with Gasteiger partial charge in [0.25, 0.3) is 0 Å². The highest BCUT2D eigenvalue weighted by Crippen LogP contribution is 2.33. The molecule has 27 heavy (non-hydrogen) atoms. The predicted octanol–water partition coefficient (Wildman–Crippen LogP) is 5.64. The summed E-state index contributed by atoms with van der Waals surface area (Å²) in [6.07, 6.45) is 0.714. The Labute approximate surface area is 156 Å². The lowest BCUT2D eigenvalue weighted by Gasteiger charge is -2.20. The molecule has 0 bridgehead atoms. The van der Waals surface area contributed by atoms with Gasteiger partial charge in [0, 0.05) is 10.9 Å². The fourth-order valence-electron chi connectivity index (χ4n) is 3.08. The van der Waals surface area contributed by atoms with Crippen LogP contribution in [0.15, 0.2) is 78.9 Å². The van der Waals surface area contributed by atoms with Crippen molar-refractivity contribution in [2.75, 3.05) is 4.90 Å². The van der Waals surface area contributed by atoms with E-state index in [4.69, 9.17) is 4.98 Å². The first kappa shape index (κ1) is 16.9. The largest absolute Gasteiger partial charge is 0.278 e. The number of anilines is 2. The van der Waals surface area contributed by atoms with E-state index in [2.05, 4.69) is 0 Å². The second kappa shape index (κ2) is 7.00. The van der Waals surface area contributed by atoms with E-state index in [1.54, 1.807) is 6.07 Å². The van der Waals surface area contributed by atoms with Gasteiger partial charge in [-0.3, -0.25) is 9.69 Å². The van der Waals surface area contributed by atoms with Crippen molar-refractivity contribution in [3.8, 4) is 11.3 Å². The fourth-order valence-corrected chi connectivity index (χ4v) is 3.08. The highest BCUT2D eigenvalue weighted by molar-refractivity contribution is 6.01. The van der Waals surface area contributed by atoms with Crippen molar-refractivity contribution >= 4 is 28.7 Å². The van der Waals surface area contributed by atoms with Crippen LogP contribution in [0.3, 0.4) is 0 Å². The summed E-state index contributed by atoms with van der Waals surface area (Å²) < 4.78 is 13.9. The maximum Gasteiger partial charge on any atom is 0.219 e. The molecule has 0 aliphatic heterocycles. The average Bonchev–Trinajstić information content (AvgIpc) is 2.70. The normalized spacial score (nSPS) is 10.7. The molecule has 0 spiro atoms. The molecule has 3 nitrogen and oxygen atoms in total. The van der Waals surface area contributed by atoms with Gasteiger partial charge in [-0.2, -0.15) is 0 Å². The number of nitrogens with zero attached hydrogens (tertiary/aromatic N) is 2.